The highest BCUT2D eigenvalue weighted by Gasteiger charge is 2.07. The largest absolute Gasteiger partial charge is 0.393 e. The summed E-state index contributed by atoms with van der Waals surface area (Å²) in [5, 5.41) is 9.82. The second kappa shape index (κ2) is 6.92. The maximum Gasteiger partial charge on any atom is 0.123 e. The van der Waals surface area contributed by atoms with Gasteiger partial charge in [-0.25, -0.2) is 4.39 Å². The second-order valence-corrected chi connectivity index (χ2v) is 5.05. The van der Waals surface area contributed by atoms with Gasteiger partial charge in [0.25, 0.3) is 0 Å². The van der Waals surface area contributed by atoms with Gasteiger partial charge in [0.1, 0.15) is 5.82 Å². The Morgan fingerprint density at radius 2 is 2.19 bits per heavy atom. The minimum atomic E-state index is -0.309. The van der Waals surface area contributed by atoms with Crippen LogP contribution in [0.3, 0.4) is 0 Å². The van der Waals surface area contributed by atoms with Gasteiger partial charge in [0.05, 0.1) is 6.10 Å². The fourth-order valence-electron chi connectivity index (χ4n) is 1.71. The molecule has 0 aliphatic rings. The number of rotatable bonds is 6. The van der Waals surface area contributed by atoms with Gasteiger partial charge in [0.15, 0.2) is 0 Å². The highest BCUT2D eigenvalue weighted by molar-refractivity contribution is 7.98. The molecule has 3 heteroatoms. The van der Waals surface area contributed by atoms with Crippen molar-refractivity contribution in [2.75, 3.05) is 12.0 Å². The number of hydrogen-bond donors (Lipinski definition) is 1. The molecule has 0 spiro atoms. The SMILES string of the molecule is CSCCCC(O)Cc1ccc(F)cc1C. The summed E-state index contributed by atoms with van der Waals surface area (Å²) in [6.07, 6.45) is 4.23. The van der Waals surface area contributed by atoms with E-state index in [2.05, 4.69) is 6.26 Å². The van der Waals surface area contributed by atoms with Crippen molar-refractivity contribution in [1.29, 1.82) is 0 Å². The van der Waals surface area contributed by atoms with E-state index in [4.69, 9.17) is 0 Å². The van der Waals surface area contributed by atoms with E-state index in [1.54, 1.807) is 17.8 Å². The summed E-state index contributed by atoms with van der Waals surface area (Å²) < 4.78 is 12.9. The molecule has 0 saturated heterocycles. The number of aliphatic hydroxyl groups excluding tert-OH is 1. The molecular formula is C13H19FOS. The molecule has 16 heavy (non-hydrogen) atoms. The summed E-state index contributed by atoms with van der Waals surface area (Å²) in [6, 6.07) is 4.74. The number of aryl methyl sites for hydroxylation is 1. The van der Waals surface area contributed by atoms with E-state index in [1.807, 2.05) is 6.92 Å². The van der Waals surface area contributed by atoms with Crippen LogP contribution in [0, 0.1) is 12.7 Å². The summed E-state index contributed by atoms with van der Waals surface area (Å²) >= 11 is 1.79. The van der Waals surface area contributed by atoms with Crippen molar-refractivity contribution in [3.05, 3.63) is 35.1 Å². The average Bonchev–Trinajstić information content (AvgIpc) is 2.23. The van der Waals surface area contributed by atoms with Crippen LogP contribution >= 0.6 is 11.8 Å². The van der Waals surface area contributed by atoms with Crippen LogP contribution in [-0.4, -0.2) is 23.2 Å². The van der Waals surface area contributed by atoms with Gasteiger partial charge in [-0.1, -0.05) is 6.07 Å². The predicted octanol–water partition coefficient (Wildman–Crippen LogP) is 3.18. The Labute approximate surface area is 101 Å². The molecule has 1 unspecified atom stereocenters. The smallest absolute Gasteiger partial charge is 0.123 e. The van der Waals surface area contributed by atoms with Gasteiger partial charge in [-0.2, -0.15) is 11.8 Å². The molecule has 0 fully saturated rings. The van der Waals surface area contributed by atoms with Crippen LogP contribution < -0.4 is 0 Å². The van der Waals surface area contributed by atoms with E-state index in [9.17, 15) is 9.50 Å². The molecule has 0 aromatic heterocycles. The van der Waals surface area contributed by atoms with Crippen LogP contribution in [0.4, 0.5) is 4.39 Å². The first-order chi connectivity index (χ1) is 7.63. The summed E-state index contributed by atoms with van der Waals surface area (Å²) in [7, 11) is 0. The third-order valence-corrected chi connectivity index (χ3v) is 3.34. The van der Waals surface area contributed by atoms with Crippen molar-refractivity contribution in [3.63, 3.8) is 0 Å². The number of halogens is 1. The van der Waals surface area contributed by atoms with Crippen LogP contribution in [0.15, 0.2) is 18.2 Å². The van der Waals surface area contributed by atoms with Gasteiger partial charge < -0.3 is 5.11 Å². The second-order valence-electron chi connectivity index (χ2n) is 4.06. The quantitative estimate of drug-likeness (QED) is 0.773. The number of thioether (sulfide) groups is 1. The van der Waals surface area contributed by atoms with Crippen LogP contribution in [-0.2, 0) is 6.42 Å². The summed E-state index contributed by atoms with van der Waals surface area (Å²) in [5.41, 5.74) is 1.96. The van der Waals surface area contributed by atoms with Crippen LogP contribution in [0.2, 0.25) is 0 Å². The van der Waals surface area contributed by atoms with Crippen LogP contribution in [0.1, 0.15) is 24.0 Å². The molecular weight excluding hydrogens is 223 g/mol. The molecule has 90 valence electrons. The molecule has 1 rings (SSSR count). The Morgan fingerprint density at radius 3 is 2.81 bits per heavy atom. The normalized spacial score (nSPS) is 12.8. The zero-order chi connectivity index (χ0) is 12.0. The van der Waals surface area contributed by atoms with E-state index in [0.29, 0.717) is 6.42 Å². The molecule has 1 atom stereocenters. The van der Waals surface area contributed by atoms with Crippen molar-refractivity contribution in [2.24, 2.45) is 0 Å². The van der Waals surface area contributed by atoms with Gasteiger partial charge in [0, 0.05) is 0 Å². The Bertz CT molecular complexity index is 328. The van der Waals surface area contributed by atoms with Gasteiger partial charge in [0.2, 0.25) is 0 Å². The van der Waals surface area contributed by atoms with E-state index < -0.39 is 0 Å². The molecule has 1 aromatic rings. The molecule has 0 aliphatic carbocycles. The fraction of sp³-hybridized carbons (Fsp3) is 0.538. The lowest BCUT2D eigenvalue weighted by Crippen LogP contribution is -2.11. The molecule has 1 N–H and O–H groups in total. The number of hydrogen-bond acceptors (Lipinski definition) is 2. The first-order valence-corrected chi connectivity index (χ1v) is 6.95. The maximum atomic E-state index is 12.9. The lowest BCUT2D eigenvalue weighted by molar-refractivity contribution is 0.164. The maximum absolute atomic E-state index is 12.9. The Kier molecular flexibility index (Phi) is 5.85. The Hall–Kier alpha value is -0.540. The number of aliphatic hydroxyl groups is 1. The van der Waals surface area contributed by atoms with E-state index in [1.165, 1.54) is 12.1 Å². The predicted molar refractivity (Wildman–Crippen MR) is 68.5 cm³/mol. The first kappa shape index (κ1) is 13.5. The van der Waals surface area contributed by atoms with Gasteiger partial charge in [-0.3, -0.25) is 0 Å². The van der Waals surface area contributed by atoms with Crippen LogP contribution in [0.25, 0.3) is 0 Å². The lowest BCUT2D eigenvalue weighted by Gasteiger charge is -2.12. The molecule has 0 saturated carbocycles. The van der Waals surface area contributed by atoms with Crippen molar-refractivity contribution in [3.8, 4) is 0 Å². The monoisotopic (exact) mass is 242 g/mol. The minimum Gasteiger partial charge on any atom is -0.393 e. The lowest BCUT2D eigenvalue weighted by atomic mass is 10.0. The van der Waals surface area contributed by atoms with E-state index >= 15 is 0 Å². The molecule has 0 amide bonds. The molecule has 1 nitrogen and oxygen atoms in total. The Balaban J connectivity index is 2.46. The fourth-order valence-corrected chi connectivity index (χ4v) is 2.16. The summed E-state index contributed by atoms with van der Waals surface area (Å²) in [5.74, 6) is 0.873. The average molecular weight is 242 g/mol. The minimum absolute atomic E-state index is 0.210. The zero-order valence-electron chi connectivity index (χ0n) is 9.87. The van der Waals surface area contributed by atoms with E-state index in [-0.39, 0.29) is 11.9 Å². The highest BCUT2D eigenvalue weighted by atomic mass is 32.2. The summed E-state index contributed by atoms with van der Waals surface area (Å²) in [6.45, 7) is 1.88. The molecule has 0 radical (unpaired) electrons. The molecule has 0 bridgehead atoms. The van der Waals surface area contributed by atoms with Crippen molar-refractivity contribution in [1.82, 2.24) is 0 Å². The molecule has 1 aromatic carbocycles. The van der Waals surface area contributed by atoms with Gasteiger partial charge in [-0.15, -0.1) is 0 Å². The third-order valence-electron chi connectivity index (χ3n) is 2.65. The third kappa shape index (κ3) is 4.54. The Morgan fingerprint density at radius 1 is 1.44 bits per heavy atom. The van der Waals surface area contributed by atoms with Crippen LogP contribution in [0.5, 0.6) is 0 Å². The van der Waals surface area contributed by atoms with Gasteiger partial charge >= 0.3 is 0 Å². The molecule has 0 aliphatic heterocycles. The zero-order valence-corrected chi connectivity index (χ0v) is 10.7. The van der Waals surface area contributed by atoms with Crippen molar-refractivity contribution < 1.29 is 9.50 Å². The highest BCUT2D eigenvalue weighted by Crippen LogP contribution is 2.14. The van der Waals surface area contributed by atoms with Crippen molar-refractivity contribution in [2.45, 2.75) is 32.3 Å². The first-order valence-electron chi connectivity index (χ1n) is 5.55. The number of benzene rings is 1. The van der Waals surface area contributed by atoms with E-state index in [0.717, 1.165) is 29.7 Å². The summed E-state index contributed by atoms with van der Waals surface area (Å²) in [4.78, 5) is 0. The topological polar surface area (TPSA) is 20.2 Å². The van der Waals surface area contributed by atoms with Gasteiger partial charge in [-0.05, 0) is 61.5 Å². The van der Waals surface area contributed by atoms with Crippen molar-refractivity contribution >= 4 is 11.8 Å². The standard InChI is InChI=1S/C13H19FOS/c1-10-8-12(14)6-5-11(10)9-13(15)4-3-7-16-2/h5-6,8,13,15H,3-4,7,9H2,1-2H3. The molecule has 0 heterocycles.